The van der Waals surface area contributed by atoms with Crippen LogP contribution in [-0.2, 0) is 28.4 Å². The highest BCUT2D eigenvalue weighted by Crippen LogP contribution is 2.52. The molecule has 6 fully saturated rings. The summed E-state index contributed by atoms with van der Waals surface area (Å²) < 4.78 is 41.2. The number of H-pyrrole nitrogens is 5. The molecule has 0 spiro atoms. The van der Waals surface area contributed by atoms with Crippen molar-refractivity contribution in [2.24, 2.45) is 0 Å². The summed E-state index contributed by atoms with van der Waals surface area (Å²) in [4.78, 5) is 143. The van der Waals surface area contributed by atoms with E-state index in [0.717, 1.165) is 16.5 Å². The molecule has 0 radical (unpaired) electrons. The smallest absolute Gasteiger partial charge is 0.351 e. The summed E-state index contributed by atoms with van der Waals surface area (Å²) >= 11 is 20.2. The third kappa shape index (κ3) is 30.0. The number of ether oxygens (including phenoxy) is 6. The van der Waals surface area contributed by atoms with Crippen LogP contribution in [0.25, 0.3) is 0 Å². The van der Waals surface area contributed by atoms with Gasteiger partial charge in [-0.2, -0.15) is 4.98 Å². The second-order valence-electron chi connectivity index (χ2n) is 26.3. The second kappa shape index (κ2) is 51.1. The van der Waals surface area contributed by atoms with Gasteiger partial charge in [-0.3, -0.25) is 76.3 Å². The molecule has 37 nitrogen and oxygen atoms in total. The highest BCUT2D eigenvalue weighted by Gasteiger charge is 2.43. The van der Waals surface area contributed by atoms with Crippen LogP contribution in [0.15, 0.2) is 113 Å². The number of hydrogen-bond acceptors (Lipinski definition) is 38. The number of hydrogen-bond donors (Lipinski definition) is 13. The Morgan fingerprint density at radius 1 is 0.450 bits per heavy atom. The predicted octanol–water partition coefficient (Wildman–Crippen LogP) is 5.08. The van der Waals surface area contributed by atoms with Gasteiger partial charge in [-0.05, 0) is 79.3 Å². The number of nitrogens with one attached hydrogen (secondary N) is 5. The number of aliphatic hydroxyl groups excluding tert-OH is 7. The molecule has 12 rings (SSSR count). The number of nitrogens with two attached hydrogens (primary N) is 1. The Hall–Kier alpha value is -3.15. The number of aromatic amines is 5. The topological polar surface area (TPSA) is 532 Å². The lowest BCUT2D eigenvalue weighted by Gasteiger charge is -2.17. The lowest BCUT2D eigenvalue weighted by Crippen LogP contribution is -2.33. The van der Waals surface area contributed by atoms with Gasteiger partial charge in [0.25, 0.3) is 27.8 Å². The minimum absolute atomic E-state index is 0.0238. The molecular weight excluding hydrogens is 1940 g/mol. The SMILES string of the molecule is C=CCSSC1C[C@H](n2cc(C)c(=O)[nH]c2=O)O[C@@H]1CO.CSSC1C[C@H](n2cc(Br)c(=O)[nH]c2=O)O[C@@H]1CO.CSSC1C[C@H](n2cc(C)c(=O)[nH]c2=O)O[C@@H]1CO.CSSC1C[C@H](n2ccc(N)nc2=O)O[C@@H]1CO.Cc1cn([C@H]2CC(SSC(Cl)(Cl)Cl)[C@@H](CO)O2)c(=O)[nH]c1=O.Cc1cn([C@H]2CC(SSCCO)[C@@H](CO)O2)c(=O)[nH]c1=O. The van der Waals surface area contributed by atoms with Gasteiger partial charge in [0.1, 0.15) is 43.2 Å². The predicted molar refractivity (Wildman–Crippen MR) is 489 cm³/mol. The average Bonchev–Trinajstić information content (AvgIpc) is 1.68. The van der Waals surface area contributed by atoms with Crippen molar-refractivity contribution in [1.29, 1.82) is 0 Å². The Bertz CT molecular complexity index is 4910. The molecular formula is C67H93BrCl3N13O24S12. The number of rotatable bonds is 28. The van der Waals surface area contributed by atoms with Crippen molar-refractivity contribution < 1.29 is 64.2 Å². The fourth-order valence-corrected chi connectivity index (χ4v) is 26.9. The quantitative estimate of drug-likeness (QED) is 0.0132. The second-order valence-corrected chi connectivity index (χ2v) is 46.3. The van der Waals surface area contributed by atoms with Crippen LogP contribution >= 0.6 is 180 Å². The number of aliphatic hydroxyl groups is 7. The van der Waals surface area contributed by atoms with Crippen molar-refractivity contribution in [1.82, 2.24) is 57.3 Å². The van der Waals surface area contributed by atoms with Crippen molar-refractivity contribution in [2.75, 3.05) is 82.3 Å². The van der Waals surface area contributed by atoms with Crippen molar-refractivity contribution in [2.45, 2.75) is 175 Å². The van der Waals surface area contributed by atoms with E-state index in [-0.39, 0.29) is 136 Å². The van der Waals surface area contributed by atoms with Crippen molar-refractivity contribution >= 4 is 186 Å². The summed E-state index contributed by atoms with van der Waals surface area (Å²) in [7, 11) is 18.3. The number of nitrogens with zero attached hydrogens (tertiary/aromatic N) is 7. The number of halogens is 4. The number of nitrogen functional groups attached to an aromatic ring is 1. The average molecular weight is 2040 g/mol. The number of aromatic nitrogens is 12. The van der Waals surface area contributed by atoms with E-state index in [1.807, 2.05) is 24.8 Å². The molecule has 670 valence electrons. The molecule has 6 unspecified atom stereocenters. The summed E-state index contributed by atoms with van der Waals surface area (Å²) in [6.45, 7) is 9.59. The summed E-state index contributed by atoms with van der Waals surface area (Å²) in [5.74, 6) is 1.60. The van der Waals surface area contributed by atoms with Gasteiger partial charge in [0.05, 0.1) is 87.3 Å². The Kier molecular flexibility index (Phi) is 44.3. The van der Waals surface area contributed by atoms with Gasteiger partial charge < -0.3 is 69.9 Å². The van der Waals surface area contributed by atoms with Gasteiger partial charge in [0.2, 0.25) is 3.12 Å². The number of aryl methyl sites for hydroxylation is 4. The van der Waals surface area contributed by atoms with Crippen LogP contribution in [0.4, 0.5) is 5.82 Å². The molecule has 18 atom stereocenters. The molecule has 6 saturated heterocycles. The standard InChI is InChI=1S/C13H18N2O4S2.C12H18N2O5S2.C11H13Cl3N2O4S2.C11H16N2O4S2.C10H13BrN2O4S2.C10H15N3O3S2/c1-3-4-20-21-10-5-11(19-9(10)7-16)15-6-8(2)12(17)14-13(15)18;1-7-5-14(12(18)13-11(7)17)10-4-9(8(6-16)19-10)21-20-3-2-15;1-5-3-16(10(19)15-9(5)18)8-2-7(6(4-17)20-8)21-22-11(12,13)14;1-6-4-13(11(16)12-10(6)15)9-3-8(19-18-2)7(5-14)17-9;1-18-19-7-2-8(17-6(7)4-14)13-3-5(11)9(15)12-10(13)16;1-17-18-7-4-9(16-6(7)5-14)13-3-2-8(11)12-10(13)15/h3,6,9-11,16H,1,4-5,7H2,2H3,(H,14,17,18);5,8-10,15-16H,2-4,6H2,1H3,(H,13,17,18);3,6-8,17H,2,4H2,1H3,(H,15,18,19);4,7-9,14H,3,5H2,1-2H3,(H,12,15,16);3,6-8,14H,2,4H2,1H3,(H,12,15,16);2-3,6-7,9,14H,4-5H2,1H3,(H2,11,12,15)/t9-,10?,11-;8-,9?,10-;6-,7?,8-;7-,8?,9-;6-,7?,8-;6-,7?,9-/m111111/s1. The van der Waals surface area contributed by atoms with Crippen molar-refractivity contribution in [3.05, 3.63) is 197 Å². The molecule has 120 heavy (non-hydrogen) atoms. The first kappa shape index (κ1) is 104. The van der Waals surface area contributed by atoms with Gasteiger partial charge in [0.15, 0.2) is 0 Å². The summed E-state index contributed by atoms with van der Waals surface area (Å²) in [5, 5.41) is 65.2. The van der Waals surface area contributed by atoms with Crippen molar-refractivity contribution in [3.63, 3.8) is 0 Å². The van der Waals surface area contributed by atoms with E-state index in [1.165, 1.54) is 90.8 Å². The molecule has 12 heterocycles. The van der Waals surface area contributed by atoms with E-state index in [0.29, 0.717) is 66.5 Å². The van der Waals surface area contributed by atoms with Gasteiger partial charge in [-0.1, -0.05) is 160 Å². The van der Waals surface area contributed by atoms with E-state index in [1.54, 1.807) is 126 Å². The first-order chi connectivity index (χ1) is 57.1. The van der Waals surface area contributed by atoms with Gasteiger partial charge in [-0.25, -0.2) is 28.8 Å². The Balaban J connectivity index is 0.000000199. The fourth-order valence-electron chi connectivity index (χ4n) is 12.2. The molecule has 6 aromatic heterocycles. The Morgan fingerprint density at radius 3 is 1.00 bits per heavy atom. The molecule has 53 heteroatoms. The van der Waals surface area contributed by atoms with Crippen LogP contribution in [0.3, 0.4) is 0 Å². The molecule has 0 aliphatic carbocycles. The third-order valence-electron chi connectivity index (χ3n) is 18.1. The van der Waals surface area contributed by atoms with Crippen LogP contribution in [0.2, 0.25) is 0 Å². The van der Waals surface area contributed by atoms with Crippen LogP contribution in [-0.4, -0.2) is 241 Å². The largest absolute Gasteiger partial charge is 0.395 e. The summed E-state index contributed by atoms with van der Waals surface area (Å²) in [6, 6.07) is 1.56. The summed E-state index contributed by atoms with van der Waals surface area (Å²) in [5.41, 5.74) is 2.14. The summed E-state index contributed by atoms with van der Waals surface area (Å²) in [6.07, 6.45) is 15.3. The molecule has 0 amide bonds. The maximum absolute atomic E-state index is 11.9. The van der Waals surface area contributed by atoms with E-state index in [2.05, 4.69) is 52.4 Å². The van der Waals surface area contributed by atoms with Crippen LogP contribution in [0.1, 0.15) is 98.1 Å². The highest BCUT2D eigenvalue weighted by molar-refractivity contribution is 9.10. The zero-order valence-electron chi connectivity index (χ0n) is 65.0. The zero-order chi connectivity index (χ0) is 88.4. The highest BCUT2D eigenvalue weighted by atomic mass is 79.9. The molecule has 6 aliphatic rings. The lowest BCUT2D eigenvalue weighted by molar-refractivity contribution is -0.0238. The number of alkyl halides is 3. The minimum Gasteiger partial charge on any atom is -0.395 e. The number of anilines is 1. The van der Waals surface area contributed by atoms with Gasteiger partial charge in [-0.15, -0.1) is 6.58 Å². The van der Waals surface area contributed by atoms with E-state index < -0.39 is 91.2 Å². The monoisotopic (exact) mass is 2030 g/mol. The van der Waals surface area contributed by atoms with E-state index >= 15 is 0 Å². The van der Waals surface area contributed by atoms with Crippen LogP contribution in [0, 0.1) is 27.7 Å². The van der Waals surface area contributed by atoms with Gasteiger partial charge in [0, 0.05) is 141 Å². The Morgan fingerprint density at radius 2 is 0.725 bits per heavy atom. The molecule has 14 N–H and O–H groups in total. The van der Waals surface area contributed by atoms with Crippen LogP contribution in [0.5, 0.6) is 0 Å². The fraction of sp³-hybridized carbons (Fsp3) is 0.612. The Labute approximate surface area is 755 Å². The molecule has 0 saturated carbocycles. The maximum atomic E-state index is 11.9. The first-order valence-corrected chi connectivity index (χ1v) is 52.9. The zero-order valence-corrected chi connectivity index (χ0v) is 78.7. The third-order valence-corrected chi connectivity index (χ3v) is 35.4. The van der Waals surface area contributed by atoms with E-state index in [9.17, 15) is 83.4 Å². The molecule has 0 bridgehead atoms. The molecule has 6 aromatic rings. The molecule has 6 aliphatic heterocycles. The molecule has 0 aromatic carbocycles. The van der Waals surface area contributed by atoms with Crippen molar-refractivity contribution in [3.8, 4) is 0 Å². The first-order valence-electron chi connectivity index (χ1n) is 36.1. The normalized spacial score (nSPS) is 26.1. The maximum Gasteiger partial charge on any atom is 0.351 e. The van der Waals surface area contributed by atoms with E-state index in [4.69, 9.17) is 74.1 Å². The lowest BCUT2D eigenvalue weighted by atomic mass is 10.2. The van der Waals surface area contributed by atoms with Crippen LogP contribution < -0.4 is 67.7 Å². The minimum atomic E-state index is -1.48. The van der Waals surface area contributed by atoms with Gasteiger partial charge >= 0.3 is 34.1 Å².